The topological polar surface area (TPSA) is 108 Å². The van der Waals surface area contributed by atoms with Gasteiger partial charge in [0.15, 0.2) is 10.7 Å². The molecule has 2 aromatic carbocycles. The van der Waals surface area contributed by atoms with E-state index in [1.165, 1.54) is 27.8 Å². The van der Waals surface area contributed by atoms with Gasteiger partial charge in [0.2, 0.25) is 10.0 Å². The fourth-order valence-corrected chi connectivity index (χ4v) is 5.72. The monoisotopic (exact) mass is 461 g/mol. The van der Waals surface area contributed by atoms with Crippen molar-refractivity contribution in [3.05, 3.63) is 52.5 Å². The number of fused-ring (bicyclic) bond motifs is 1. The molecule has 8 nitrogen and oxygen atoms in total. The van der Waals surface area contributed by atoms with E-state index >= 15 is 0 Å². The lowest BCUT2D eigenvalue weighted by Crippen LogP contribution is -2.40. The van der Waals surface area contributed by atoms with E-state index in [0.717, 1.165) is 10.2 Å². The molecule has 2 heterocycles. The Morgan fingerprint density at radius 2 is 2.03 bits per heavy atom. The van der Waals surface area contributed by atoms with Crippen LogP contribution in [-0.4, -0.2) is 49.7 Å². The Bertz CT molecular complexity index is 1230. The van der Waals surface area contributed by atoms with Gasteiger partial charge in [0.05, 0.1) is 34.1 Å². The Kier molecular flexibility index (Phi) is 5.99. The molecule has 0 spiro atoms. The van der Waals surface area contributed by atoms with Gasteiger partial charge in [-0.15, -0.1) is 11.3 Å². The number of benzene rings is 2. The summed E-state index contributed by atoms with van der Waals surface area (Å²) in [6, 6.07) is 14.1. The Morgan fingerprint density at radius 3 is 2.77 bits per heavy atom. The minimum Gasteiger partial charge on any atom is -0.379 e. The normalized spacial score (nSPS) is 15.8. The van der Waals surface area contributed by atoms with Crippen LogP contribution in [0.1, 0.15) is 5.01 Å². The largest absolute Gasteiger partial charge is 0.379 e. The number of nitrogens with zero attached hydrogens (tertiary/aromatic N) is 4. The van der Waals surface area contributed by atoms with Crippen molar-refractivity contribution >= 4 is 54.6 Å². The van der Waals surface area contributed by atoms with Crippen molar-refractivity contribution in [3.63, 3.8) is 0 Å². The molecule has 0 amide bonds. The van der Waals surface area contributed by atoms with Gasteiger partial charge in [-0.25, -0.2) is 13.4 Å². The summed E-state index contributed by atoms with van der Waals surface area (Å²) in [6.07, 6.45) is 0. The van der Waals surface area contributed by atoms with Crippen molar-refractivity contribution in [2.24, 2.45) is 5.10 Å². The quantitative estimate of drug-likeness (QED) is 0.461. The van der Waals surface area contributed by atoms with Crippen LogP contribution in [0.5, 0.6) is 0 Å². The van der Waals surface area contributed by atoms with Gasteiger partial charge in [0.25, 0.3) is 0 Å². The van der Waals surface area contributed by atoms with Crippen molar-refractivity contribution in [1.29, 1.82) is 5.26 Å². The number of sulfonamides is 1. The number of hydrogen-bond acceptors (Lipinski definition) is 8. The number of hydrogen-bond donors (Lipinski definition) is 1. The lowest BCUT2D eigenvalue weighted by Gasteiger charge is -2.26. The van der Waals surface area contributed by atoms with Gasteiger partial charge >= 0.3 is 0 Å². The zero-order valence-corrected chi connectivity index (χ0v) is 18.0. The molecule has 30 heavy (non-hydrogen) atoms. The maximum atomic E-state index is 12.9. The molecule has 1 N–H and O–H groups in total. The number of thiazole rings is 1. The van der Waals surface area contributed by atoms with Crippen LogP contribution in [0.25, 0.3) is 10.2 Å². The average molecular weight is 462 g/mol. The maximum Gasteiger partial charge on any atom is 0.244 e. The predicted molar refractivity (Wildman–Crippen MR) is 116 cm³/mol. The van der Waals surface area contributed by atoms with E-state index in [1.807, 2.05) is 30.3 Å². The molecule has 11 heteroatoms. The first kappa shape index (κ1) is 20.7. The molecule has 154 valence electrons. The highest BCUT2D eigenvalue weighted by atomic mass is 35.5. The number of nitrogens with one attached hydrogen (secondary N) is 1. The second-order valence-electron chi connectivity index (χ2n) is 6.33. The highest BCUT2D eigenvalue weighted by Crippen LogP contribution is 2.28. The Morgan fingerprint density at radius 1 is 1.27 bits per heavy atom. The number of rotatable bonds is 5. The minimum absolute atomic E-state index is 0.0234. The molecular weight excluding hydrogens is 446 g/mol. The van der Waals surface area contributed by atoms with Crippen molar-refractivity contribution in [3.8, 4) is 6.07 Å². The number of hydrazone groups is 1. The summed E-state index contributed by atoms with van der Waals surface area (Å²) in [5, 5.41) is 14.2. The van der Waals surface area contributed by atoms with Gasteiger partial charge in [-0.2, -0.15) is 14.7 Å². The van der Waals surface area contributed by atoms with Crippen molar-refractivity contribution in [1.82, 2.24) is 9.29 Å². The fourth-order valence-electron chi connectivity index (χ4n) is 2.91. The van der Waals surface area contributed by atoms with Crippen LogP contribution >= 0.6 is 22.9 Å². The molecule has 0 atom stereocenters. The van der Waals surface area contributed by atoms with E-state index in [4.69, 9.17) is 16.3 Å². The lowest BCUT2D eigenvalue weighted by molar-refractivity contribution is 0.0730. The van der Waals surface area contributed by atoms with E-state index in [0.29, 0.717) is 23.9 Å². The third kappa shape index (κ3) is 4.16. The van der Waals surface area contributed by atoms with Crippen molar-refractivity contribution < 1.29 is 13.2 Å². The van der Waals surface area contributed by atoms with Crippen LogP contribution in [-0.2, 0) is 14.8 Å². The Balaban J connectivity index is 1.61. The molecule has 1 fully saturated rings. The standard InChI is InChI=1S/C19H16ClN5O3S2/c20-14-6-5-13(11-18(14)30(26,27)25-7-9-28-10-8-25)23-24-16(12-21)19-22-15-3-1-2-4-17(15)29-19/h1-6,11,23H,7-10H2/b24-16+. The van der Waals surface area contributed by atoms with Crippen LogP contribution in [0.3, 0.4) is 0 Å². The summed E-state index contributed by atoms with van der Waals surface area (Å²) in [5.74, 6) is 0. The second-order valence-corrected chi connectivity index (χ2v) is 9.68. The molecule has 0 radical (unpaired) electrons. The highest BCUT2D eigenvalue weighted by molar-refractivity contribution is 7.89. The van der Waals surface area contributed by atoms with E-state index < -0.39 is 10.0 Å². The number of nitriles is 1. The first-order valence-corrected chi connectivity index (χ1v) is 11.6. The Hall–Kier alpha value is -2.55. The summed E-state index contributed by atoms with van der Waals surface area (Å²) in [4.78, 5) is 4.39. The molecule has 0 unspecified atom stereocenters. The van der Waals surface area contributed by atoms with Gasteiger partial charge in [-0.05, 0) is 30.3 Å². The van der Waals surface area contributed by atoms with Gasteiger partial charge < -0.3 is 4.74 Å². The summed E-state index contributed by atoms with van der Waals surface area (Å²) < 4.78 is 33.4. The van der Waals surface area contributed by atoms with E-state index in [1.54, 1.807) is 6.07 Å². The number of morpholine rings is 1. The first-order valence-electron chi connectivity index (χ1n) is 8.96. The number of anilines is 1. The number of aromatic nitrogens is 1. The summed E-state index contributed by atoms with van der Waals surface area (Å²) >= 11 is 7.52. The van der Waals surface area contributed by atoms with E-state index in [2.05, 4.69) is 15.5 Å². The van der Waals surface area contributed by atoms with E-state index in [-0.39, 0.29) is 28.7 Å². The molecule has 3 aromatic rings. The van der Waals surface area contributed by atoms with Crippen LogP contribution in [0.15, 0.2) is 52.5 Å². The van der Waals surface area contributed by atoms with Gasteiger partial charge in [0, 0.05) is 13.1 Å². The highest BCUT2D eigenvalue weighted by Gasteiger charge is 2.28. The van der Waals surface area contributed by atoms with Crippen LogP contribution < -0.4 is 5.43 Å². The molecule has 1 aromatic heterocycles. The third-order valence-corrected chi connectivity index (χ3v) is 7.84. The molecule has 1 saturated heterocycles. The zero-order valence-electron chi connectivity index (χ0n) is 15.6. The molecule has 0 saturated carbocycles. The number of halogens is 1. The van der Waals surface area contributed by atoms with Crippen LogP contribution in [0, 0.1) is 11.3 Å². The molecule has 4 rings (SSSR count). The van der Waals surface area contributed by atoms with Crippen molar-refractivity contribution in [2.75, 3.05) is 31.7 Å². The third-order valence-electron chi connectivity index (χ3n) is 4.42. The summed E-state index contributed by atoms with van der Waals surface area (Å²) in [5.41, 5.74) is 4.02. The van der Waals surface area contributed by atoms with Crippen LogP contribution in [0.2, 0.25) is 5.02 Å². The first-order chi connectivity index (χ1) is 14.5. The maximum absolute atomic E-state index is 12.9. The van der Waals surface area contributed by atoms with Gasteiger partial charge in [0.1, 0.15) is 11.0 Å². The number of para-hydroxylation sites is 1. The lowest BCUT2D eigenvalue weighted by atomic mass is 10.3. The van der Waals surface area contributed by atoms with Gasteiger partial charge in [-0.3, -0.25) is 5.43 Å². The SMILES string of the molecule is N#C/C(=N\Nc1ccc(Cl)c(S(=O)(=O)N2CCOCC2)c1)c1nc2ccccc2s1. The van der Waals surface area contributed by atoms with Crippen molar-refractivity contribution in [2.45, 2.75) is 4.90 Å². The predicted octanol–water partition coefficient (Wildman–Crippen LogP) is 3.31. The fraction of sp³-hybridized carbons (Fsp3) is 0.211. The minimum atomic E-state index is -3.77. The van der Waals surface area contributed by atoms with Gasteiger partial charge in [-0.1, -0.05) is 23.7 Å². The summed E-state index contributed by atoms with van der Waals surface area (Å²) in [6.45, 7) is 1.22. The smallest absolute Gasteiger partial charge is 0.244 e. The molecule has 1 aliphatic rings. The Labute approximate surface area is 182 Å². The zero-order chi connectivity index (χ0) is 21.1. The second kappa shape index (κ2) is 8.67. The molecular formula is C19H16ClN5O3S2. The molecule has 1 aliphatic heterocycles. The average Bonchev–Trinajstić information content (AvgIpc) is 3.19. The van der Waals surface area contributed by atoms with E-state index in [9.17, 15) is 13.7 Å². The van der Waals surface area contributed by atoms with Crippen LogP contribution in [0.4, 0.5) is 5.69 Å². The summed E-state index contributed by atoms with van der Waals surface area (Å²) in [7, 11) is -3.77. The molecule has 0 bridgehead atoms. The number of ether oxygens (including phenoxy) is 1. The molecule has 0 aliphatic carbocycles.